The Bertz CT molecular complexity index is 774. The molecule has 2 amide bonds. The van der Waals surface area contributed by atoms with Crippen molar-refractivity contribution in [3.63, 3.8) is 0 Å². The minimum Gasteiger partial charge on any atom is -0.348 e. The molecule has 3 N–H and O–H groups in total. The lowest BCUT2D eigenvalue weighted by molar-refractivity contribution is 0.0845. The van der Waals surface area contributed by atoms with E-state index in [1.807, 2.05) is 0 Å². The third-order valence-corrected chi connectivity index (χ3v) is 6.21. The Labute approximate surface area is 148 Å². The number of nitrogens with zero attached hydrogens (tertiary/aromatic N) is 1. The highest BCUT2D eigenvalue weighted by Gasteiger charge is 2.42. The van der Waals surface area contributed by atoms with E-state index in [1.165, 1.54) is 18.2 Å². The number of hydrogen-bond donors (Lipinski definition) is 2. The lowest BCUT2D eigenvalue weighted by atomic mass is 10.1. The van der Waals surface area contributed by atoms with Crippen LogP contribution in [-0.2, 0) is 10.0 Å². The summed E-state index contributed by atoms with van der Waals surface area (Å²) in [5, 5.41) is 2.82. The molecule has 1 aliphatic rings. The van der Waals surface area contributed by atoms with Gasteiger partial charge < -0.3 is 11.1 Å². The predicted molar refractivity (Wildman–Crippen MR) is 94.8 cm³/mol. The number of hydrogen-bond acceptors (Lipinski definition) is 5. The molecule has 25 heavy (non-hydrogen) atoms. The van der Waals surface area contributed by atoms with Gasteiger partial charge in [-0.15, -0.1) is 0 Å². The summed E-state index contributed by atoms with van der Waals surface area (Å²) in [4.78, 5) is 24.6. The summed E-state index contributed by atoms with van der Waals surface area (Å²) in [6.45, 7) is 5.63. The molecule has 2 rings (SSSR count). The molecule has 8 heteroatoms. The fraction of sp³-hybridized carbons (Fsp3) is 0.529. The Hall–Kier alpha value is -1.93. The largest absolute Gasteiger partial charge is 0.348 e. The summed E-state index contributed by atoms with van der Waals surface area (Å²) >= 11 is 0. The van der Waals surface area contributed by atoms with Crippen molar-refractivity contribution in [1.29, 1.82) is 0 Å². The zero-order chi connectivity index (χ0) is 18.8. The van der Waals surface area contributed by atoms with E-state index >= 15 is 0 Å². The van der Waals surface area contributed by atoms with Crippen molar-refractivity contribution in [1.82, 2.24) is 9.62 Å². The van der Waals surface area contributed by atoms with Gasteiger partial charge >= 0.3 is 0 Å². The first-order valence-electron chi connectivity index (χ1n) is 8.47. The second kappa shape index (κ2) is 7.53. The zero-order valence-electron chi connectivity index (χ0n) is 14.8. The molecule has 0 spiro atoms. The molecular weight excluding hydrogens is 342 g/mol. The first-order chi connectivity index (χ1) is 11.7. The quantitative estimate of drug-likeness (QED) is 0.759. The van der Waals surface area contributed by atoms with Gasteiger partial charge in [0.25, 0.3) is 21.8 Å². The molecule has 1 atom stereocenters. The van der Waals surface area contributed by atoms with Gasteiger partial charge in [-0.1, -0.05) is 19.8 Å². The van der Waals surface area contributed by atoms with Crippen molar-refractivity contribution in [3.8, 4) is 0 Å². The molecule has 0 radical (unpaired) electrons. The van der Waals surface area contributed by atoms with Crippen LogP contribution in [-0.4, -0.2) is 43.2 Å². The highest BCUT2D eigenvalue weighted by atomic mass is 32.2. The summed E-state index contributed by atoms with van der Waals surface area (Å²) in [5.41, 5.74) is 5.99. The lowest BCUT2D eigenvalue weighted by Gasteiger charge is -2.19. The molecule has 1 aromatic carbocycles. The molecule has 0 saturated carbocycles. The molecule has 0 saturated heterocycles. The molecule has 0 fully saturated rings. The fourth-order valence-corrected chi connectivity index (χ4v) is 4.66. The minimum atomic E-state index is -3.92. The molecular formula is C17H25N3O4S. The average Bonchev–Trinajstić information content (AvgIpc) is 2.77. The maximum absolute atomic E-state index is 12.6. The van der Waals surface area contributed by atoms with Crippen LogP contribution in [0.1, 0.15) is 60.7 Å². The van der Waals surface area contributed by atoms with Crippen LogP contribution in [0.5, 0.6) is 0 Å². The topological polar surface area (TPSA) is 110 Å². The SMILES string of the molecule is CCCCC(CN)NC(=O)c1ccc2c(c1)S(=O)(=O)N(C(C)C)C2=O. The number of nitrogens with two attached hydrogens (primary N) is 1. The number of rotatable bonds is 7. The molecule has 0 aromatic heterocycles. The highest BCUT2D eigenvalue weighted by Crippen LogP contribution is 2.32. The van der Waals surface area contributed by atoms with Gasteiger partial charge in [0.1, 0.15) is 4.90 Å². The first kappa shape index (κ1) is 19.4. The number of benzene rings is 1. The smallest absolute Gasteiger partial charge is 0.269 e. The summed E-state index contributed by atoms with van der Waals surface area (Å²) in [6.07, 6.45) is 2.71. The lowest BCUT2D eigenvalue weighted by Crippen LogP contribution is -2.40. The van der Waals surface area contributed by atoms with Gasteiger partial charge in [0, 0.05) is 24.2 Å². The zero-order valence-corrected chi connectivity index (χ0v) is 15.6. The Morgan fingerprint density at radius 2 is 2.00 bits per heavy atom. The summed E-state index contributed by atoms with van der Waals surface area (Å²) in [7, 11) is -3.92. The van der Waals surface area contributed by atoms with Crippen LogP contribution in [0.4, 0.5) is 0 Å². The van der Waals surface area contributed by atoms with Gasteiger partial charge in [0.15, 0.2) is 0 Å². The van der Waals surface area contributed by atoms with Crippen LogP contribution < -0.4 is 11.1 Å². The molecule has 1 aromatic rings. The van der Waals surface area contributed by atoms with Crippen molar-refractivity contribution >= 4 is 21.8 Å². The van der Waals surface area contributed by atoms with Gasteiger partial charge in [-0.3, -0.25) is 9.59 Å². The Balaban J connectivity index is 2.29. The minimum absolute atomic E-state index is 0.103. The second-order valence-corrected chi connectivity index (χ2v) is 8.24. The maximum atomic E-state index is 12.6. The number of carbonyl (C=O) groups excluding carboxylic acids is 2. The standard InChI is InChI=1S/C17H25N3O4S/c1-4-5-6-13(10-18)19-16(21)12-7-8-14-15(9-12)25(23,24)20(11(2)3)17(14)22/h7-9,11,13H,4-6,10,18H2,1-3H3,(H,19,21). The van der Waals surface area contributed by atoms with Gasteiger partial charge in [0.05, 0.1) is 5.56 Å². The van der Waals surface area contributed by atoms with Gasteiger partial charge in [-0.25, -0.2) is 12.7 Å². The number of carbonyl (C=O) groups is 2. The third-order valence-electron chi connectivity index (χ3n) is 4.21. The first-order valence-corrected chi connectivity index (χ1v) is 9.91. The number of unbranched alkanes of at least 4 members (excludes halogenated alkanes) is 1. The Morgan fingerprint density at radius 1 is 1.32 bits per heavy atom. The van der Waals surface area contributed by atoms with E-state index in [1.54, 1.807) is 13.8 Å². The van der Waals surface area contributed by atoms with E-state index in [2.05, 4.69) is 12.2 Å². The van der Waals surface area contributed by atoms with Crippen LogP contribution in [0.3, 0.4) is 0 Å². The van der Waals surface area contributed by atoms with Gasteiger partial charge in [0.2, 0.25) is 0 Å². The summed E-state index contributed by atoms with van der Waals surface area (Å²) in [5.74, 6) is -0.945. The van der Waals surface area contributed by atoms with Crippen LogP contribution in [0.2, 0.25) is 0 Å². The molecule has 0 aliphatic carbocycles. The van der Waals surface area contributed by atoms with E-state index < -0.39 is 22.0 Å². The van der Waals surface area contributed by atoms with Gasteiger partial charge in [-0.2, -0.15) is 0 Å². The van der Waals surface area contributed by atoms with Crippen LogP contribution in [0.25, 0.3) is 0 Å². The van der Waals surface area contributed by atoms with Crippen molar-refractivity contribution in [3.05, 3.63) is 29.3 Å². The van der Waals surface area contributed by atoms with Crippen molar-refractivity contribution in [2.45, 2.75) is 57.0 Å². The van der Waals surface area contributed by atoms with E-state index in [4.69, 9.17) is 5.73 Å². The molecule has 1 heterocycles. The predicted octanol–water partition coefficient (Wildman–Crippen LogP) is 1.49. The van der Waals surface area contributed by atoms with E-state index in [0.29, 0.717) is 6.54 Å². The van der Waals surface area contributed by atoms with Crippen molar-refractivity contribution < 1.29 is 18.0 Å². The van der Waals surface area contributed by atoms with Crippen LogP contribution in [0.15, 0.2) is 23.1 Å². The molecule has 7 nitrogen and oxygen atoms in total. The summed E-state index contributed by atoms with van der Waals surface area (Å²) < 4.78 is 26.0. The average molecular weight is 367 g/mol. The van der Waals surface area contributed by atoms with Crippen molar-refractivity contribution in [2.75, 3.05) is 6.54 Å². The number of fused-ring (bicyclic) bond motifs is 1. The molecule has 138 valence electrons. The number of sulfonamides is 1. The summed E-state index contributed by atoms with van der Waals surface area (Å²) in [6, 6.07) is 3.49. The second-order valence-electron chi connectivity index (χ2n) is 6.46. The maximum Gasteiger partial charge on any atom is 0.269 e. The van der Waals surface area contributed by atoms with Crippen molar-refractivity contribution in [2.24, 2.45) is 5.73 Å². The number of nitrogens with one attached hydrogen (secondary N) is 1. The Kier molecular flexibility index (Phi) is 5.84. The van der Waals surface area contributed by atoms with E-state index in [-0.39, 0.29) is 28.0 Å². The highest BCUT2D eigenvalue weighted by molar-refractivity contribution is 7.90. The van der Waals surface area contributed by atoms with E-state index in [0.717, 1.165) is 23.6 Å². The molecule has 0 bridgehead atoms. The van der Waals surface area contributed by atoms with Gasteiger partial charge in [-0.05, 0) is 38.5 Å². The monoisotopic (exact) mass is 367 g/mol. The molecule has 1 unspecified atom stereocenters. The third kappa shape index (κ3) is 3.69. The molecule has 1 aliphatic heterocycles. The van der Waals surface area contributed by atoms with E-state index in [9.17, 15) is 18.0 Å². The Morgan fingerprint density at radius 3 is 2.56 bits per heavy atom. The normalized spacial score (nSPS) is 16.8. The fourth-order valence-electron chi connectivity index (χ4n) is 2.87. The van der Waals surface area contributed by atoms with Crippen LogP contribution >= 0.6 is 0 Å². The van der Waals surface area contributed by atoms with Crippen LogP contribution in [0, 0.1) is 0 Å². The number of amides is 2.